The van der Waals surface area contributed by atoms with Gasteiger partial charge in [0.1, 0.15) is 0 Å². The van der Waals surface area contributed by atoms with Crippen LogP contribution in [0.1, 0.15) is 12.8 Å². The fourth-order valence-electron chi connectivity index (χ4n) is 3.08. The van der Waals surface area contributed by atoms with E-state index in [1.807, 2.05) is 0 Å². The van der Waals surface area contributed by atoms with Crippen LogP contribution in [0.4, 0.5) is 0 Å². The minimum absolute atomic E-state index is 0.380. The molecule has 3 fully saturated rings. The van der Waals surface area contributed by atoms with E-state index >= 15 is 0 Å². The van der Waals surface area contributed by atoms with E-state index in [9.17, 15) is 0 Å². The van der Waals surface area contributed by atoms with Crippen molar-refractivity contribution in [3.05, 3.63) is 0 Å². The second-order valence-electron chi connectivity index (χ2n) is 4.73. The van der Waals surface area contributed by atoms with E-state index in [1.54, 1.807) is 0 Å². The number of thioether (sulfide) groups is 2. The molecule has 0 aliphatic carbocycles. The third-order valence-corrected chi connectivity index (χ3v) is 6.60. The zero-order valence-electron chi connectivity index (χ0n) is 8.45. The molecule has 3 rings (SSSR count). The van der Waals surface area contributed by atoms with E-state index in [0.29, 0.717) is 5.54 Å². The van der Waals surface area contributed by atoms with Gasteiger partial charge in [-0.1, -0.05) is 0 Å². The van der Waals surface area contributed by atoms with Gasteiger partial charge in [-0.15, -0.1) is 0 Å². The summed E-state index contributed by atoms with van der Waals surface area (Å²) in [4.78, 5) is 2.76. The molecule has 2 N–H and O–H groups in total. The van der Waals surface area contributed by atoms with E-state index in [4.69, 9.17) is 5.73 Å². The SMILES string of the molecule is NCC1(N2CC3CC2CS3)CCSC1. The highest BCUT2D eigenvalue weighted by molar-refractivity contribution is 8.00. The average Bonchev–Trinajstić information content (AvgIpc) is 2.94. The fraction of sp³-hybridized carbons (Fsp3) is 1.00. The highest BCUT2D eigenvalue weighted by Gasteiger charge is 2.49. The average molecular weight is 230 g/mol. The molecule has 3 saturated heterocycles. The molecule has 2 nitrogen and oxygen atoms in total. The van der Waals surface area contributed by atoms with Crippen molar-refractivity contribution in [3.8, 4) is 0 Å². The smallest absolute Gasteiger partial charge is 0.0433 e. The van der Waals surface area contributed by atoms with Crippen molar-refractivity contribution in [2.24, 2.45) is 5.73 Å². The summed E-state index contributed by atoms with van der Waals surface area (Å²) in [5.74, 6) is 3.95. The third kappa shape index (κ3) is 1.34. The first-order valence-corrected chi connectivity index (χ1v) is 7.71. The molecule has 80 valence electrons. The second kappa shape index (κ2) is 3.58. The Hall–Kier alpha value is 0.620. The molecule has 0 spiro atoms. The second-order valence-corrected chi connectivity index (χ2v) is 7.17. The highest BCUT2D eigenvalue weighted by atomic mass is 32.2. The van der Waals surface area contributed by atoms with Crippen molar-refractivity contribution >= 4 is 23.5 Å². The molecule has 0 aromatic rings. The Bertz CT molecular complexity index is 228. The maximum absolute atomic E-state index is 6.02. The molecule has 3 unspecified atom stereocenters. The first-order chi connectivity index (χ1) is 6.84. The van der Waals surface area contributed by atoms with Crippen molar-refractivity contribution in [2.75, 3.05) is 30.3 Å². The highest BCUT2D eigenvalue weighted by Crippen LogP contribution is 2.44. The minimum Gasteiger partial charge on any atom is -0.329 e. The van der Waals surface area contributed by atoms with Gasteiger partial charge in [0, 0.05) is 41.4 Å². The van der Waals surface area contributed by atoms with Crippen molar-refractivity contribution in [1.82, 2.24) is 4.90 Å². The van der Waals surface area contributed by atoms with Crippen LogP contribution in [0.15, 0.2) is 0 Å². The molecule has 14 heavy (non-hydrogen) atoms. The molecule has 0 saturated carbocycles. The summed E-state index contributed by atoms with van der Waals surface area (Å²) < 4.78 is 0. The van der Waals surface area contributed by atoms with Crippen molar-refractivity contribution < 1.29 is 0 Å². The molecule has 4 heteroatoms. The number of likely N-dealkylation sites (tertiary alicyclic amines) is 1. The lowest BCUT2D eigenvalue weighted by Gasteiger charge is -2.42. The topological polar surface area (TPSA) is 29.3 Å². The summed E-state index contributed by atoms with van der Waals surface area (Å²) >= 11 is 4.27. The van der Waals surface area contributed by atoms with E-state index in [0.717, 1.165) is 17.8 Å². The number of hydrogen-bond donors (Lipinski definition) is 1. The van der Waals surface area contributed by atoms with Gasteiger partial charge in [0.25, 0.3) is 0 Å². The predicted molar refractivity (Wildman–Crippen MR) is 65.1 cm³/mol. The fourth-order valence-corrected chi connectivity index (χ4v) is 5.99. The Morgan fingerprint density at radius 1 is 1.50 bits per heavy atom. The van der Waals surface area contributed by atoms with Crippen LogP contribution in [-0.4, -0.2) is 52.1 Å². The summed E-state index contributed by atoms with van der Waals surface area (Å²) in [5.41, 5.74) is 6.40. The lowest BCUT2D eigenvalue weighted by molar-refractivity contribution is 0.110. The van der Waals surface area contributed by atoms with E-state index < -0.39 is 0 Å². The number of hydrogen-bond acceptors (Lipinski definition) is 4. The number of fused-ring (bicyclic) bond motifs is 2. The molecule has 0 aromatic heterocycles. The zero-order valence-corrected chi connectivity index (χ0v) is 10.1. The first-order valence-electron chi connectivity index (χ1n) is 5.50. The zero-order chi connectivity index (χ0) is 9.60. The van der Waals surface area contributed by atoms with Crippen LogP contribution >= 0.6 is 23.5 Å². The van der Waals surface area contributed by atoms with Crippen LogP contribution in [0.3, 0.4) is 0 Å². The molecular formula is C10H18N2S2. The van der Waals surface area contributed by atoms with Crippen LogP contribution < -0.4 is 5.73 Å². The number of rotatable bonds is 2. The summed E-state index contributed by atoms with van der Waals surface area (Å²) in [7, 11) is 0. The Labute approximate surface area is 94.4 Å². The summed E-state index contributed by atoms with van der Waals surface area (Å²) in [5, 5.41) is 0.925. The number of nitrogens with zero attached hydrogens (tertiary/aromatic N) is 1. The molecule has 0 radical (unpaired) electrons. The predicted octanol–water partition coefficient (Wildman–Crippen LogP) is 1.01. The summed E-state index contributed by atoms with van der Waals surface area (Å²) in [6.45, 7) is 2.18. The van der Waals surface area contributed by atoms with Gasteiger partial charge in [0.05, 0.1) is 0 Å². The molecule has 3 aliphatic heterocycles. The molecular weight excluding hydrogens is 212 g/mol. The first kappa shape index (κ1) is 9.82. The normalized spacial score (nSPS) is 47.8. The Morgan fingerprint density at radius 2 is 2.43 bits per heavy atom. The Balaban J connectivity index is 1.80. The van der Waals surface area contributed by atoms with Gasteiger partial charge in [0.2, 0.25) is 0 Å². The van der Waals surface area contributed by atoms with E-state index in [2.05, 4.69) is 28.4 Å². The van der Waals surface area contributed by atoms with Gasteiger partial charge in [0.15, 0.2) is 0 Å². The lowest BCUT2D eigenvalue weighted by Crippen LogP contribution is -2.57. The van der Waals surface area contributed by atoms with Gasteiger partial charge < -0.3 is 5.73 Å². The molecule has 3 atom stereocenters. The monoisotopic (exact) mass is 230 g/mol. The summed E-state index contributed by atoms with van der Waals surface area (Å²) in [6.07, 6.45) is 2.75. The van der Waals surface area contributed by atoms with Crippen LogP contribution in [0.2, 0.25) is 0 Å². The summed E-state index contributed by atoms with van der Waals surface area (Å²) in [6, 6.07) is 0.854. The van der Waals surface area contributed by atoms with E-state index in [1.165, 1.54) is 36.6 Å². The van der Waals surface area contributed by atoms with Gasteiger partial charge in [-0.3, -0.25) is 4.90 Å². The molecule has 0 aromatic carbocycles. The Kier molecular flexibility index (Phi) is 2.51. The molecule has 2 bridgehead atoms. The standard InChI is InChI=1S/C10H18N2S2/c11-6-10(1-2-13-7-10)12-4-9-3-8(12)5-14-9/h8-9H,1-7,11H2. The maximum Gasteiger partial charge on any atom is 0.0433 e. The maximum atomic E-state index is 6.02. The Morgan fingerprint density at radius 3 is 2.93 bits per heavy atom. The van der Waals surface area contributed by atoms with Crippen LogP contribution in [-0.2, 0) is 0 Å². The lowest BCUT2D eigenvalue weighted by atomic mass is 9.96. The van der Waals surface area contributed by atoms with Crippen LogP contribution in [0, 0.1) is 0 Å². The van der Waals surface area contributed by atoms with Gasteiger partial charge in [-0.25, -0.2) is 0 Å². The van der Waals surface area contributed by atoms with Crippen molar-refractivity contribution in [1.29, 1.82) is 0 Å². The molecule has 3 heterocycles. The van der Waals surface area contributed by atoms with Gasteiger partial charge in [-0.2, -0.15) is 23.5 Å². The van der Waals surface area contributed by atoms with Gasteiger partial charge >= 0.3 is 0 Å². The van der Waals surface area contributed by atoms with Gasteiger partial charge in [-0.05, 0) is 18.6 Å². The quantitative estimate of drug-likeness (QED) is 0.767. The van der Waals surface area contributed by atoms with Crippen LogP contribution in [0.25, 0.3) is 0 Å². The molecule has 0 amide bonds. The van der Waals surface area contributed by atoms with Crippen molar-refractivity contribution in [2.45, 2.75) is 29.7 Å². The minimum atomic E-state index is 0.380. The largest absolute Gasteiger partial charge is 0.329 e. The van der Waals surface area contributed by atoms with Crippen molar-refractivity contribution in [3.63, 3.8) is 0 Å². The molecule has 3 aliphatic rings. The van der Waals surface area contributed by atoms with Crippen LogP contribution in [0.5, 0.6) is 0 Å². The third-order valence-electron chi connectivity index (χ3n) is 3.97. The van der Waals surface area contributed by atoms with E-state index in [-0.39, 0.29) is 0 Å². The number of nitrogens with two attached hydrogens (primary N) is 1.